The number of nitrogens with zero attached hydrogens (tertiary/aromatic N) is 2. The van der Waals surface area contributed by atoms with Gasteiger partial charge in [-0.05, 0) is 62.4 Å². The fourth-order valence-electron chi connectivity index (χ4n) is 2.88. The van der Waals surface area contributed by atoms with Gasteiger partial charge in [0.1, 0.15) is 23.6 Å². The Balaban J connectivity index is 1.62. The summed E-state index contributed by atoms with van der Waals surface area (Å²) in [5, 5.41) is 4.66. The molecule has 5 nitrogen and oxygen atoms in total. The monoisotopic (exact) mass is 428 g/mol. The van der Waals surface area contributed by atoms with Crippen LogP contribution in [0.15, 0.2) is 73.1 Å². The van der Waals surface area contributed by atoms with Gasteiger partial charge < -0.3 is 15.8 Å². The van der Waals surface area contributed by atoms with Crippen LogP contribution in [-0.2, 0) is 0 Å². The van der Waals surface area contributed by atoms with E-state index in [2.05, 4.69) is 27.1 Å². The van der Waals surface area contributed by atoms with Crippen LogP contribution in [0.1, 0.15) is 19.4 Å². The van der Waals surface area contributed by atoms with E-state index in [1.165, 1.54) is 6.33 Å². The highest BCUT2D eigenvalue weighted by atomic mass is 35.5. The number of ether oxygens (including phenoxy) is 1. The Morgan fingerprint density at radius 3 is 2.55 bits per heavy atom. The van der Waals surface area contributed by atoms with Crippen molar-refractivity contribution in [3.63, 3.8) is 0 Å². The van der Waals surface area contributed by atoms with Gasteiger partial charge in [-0.15, -0.1) is 0 Å². The average Bonchev–Trinajstić information content (AvgIpc) is 2.75. The summed E-state index contributed by atoms with van der Waals surface area (Å²) in [6, 6.07) is 20.8. The third-order valence-electron chi connectivity index (χ3n) is 4.33. The van der Waals surface area contributed by atoms with E-state index >= 15 is 0 Å². The molecule has 0 amide bonds. The quantitative estimate of drug-likeness (QED) is 0.395. The maximum Gasteiger partial charge on any atom is 0.146 e. The molecule has 0 radical (unpaired) electrons. The molecule has 0 aliphatic heterocycles. The molecule has 3 aromatic carbocycles. The molecule has 0 spiro atoms. The molecule has 0 aliphatic rings. The molecule has 3 N–H and O–H groups in total. The Bertz CT molecular complexity index is 1290. The average molecular weight is 429 g/mol. The lowest BCUT2D eigenvalue weighted by Gasteiger charge is -2.12. The van der Waals surface area contributed by atoms with Gasteiger partial charge in [-0.3, -0.25) is 0 Å². The van der Waals surface area contributed by atoms with Gasteiger partial charge >= 0.3 is 0 Å². The first-order chi connectivity index (χ1) is 14.9. The van der Waals surface area contributed by atoms with Crippen LogP contribution < -0.4 is 15.8 Å². The second kappa shape index (κ2) is 8.65. The highest BCUT2D eigenvalue weighted by molar-refractivity contribution is 6.32. The van der Waals surface area contributed by atoms with Crippen molar-refractivity contribution in [1.82, 2.24) is 9.97 Å². The summed E-state index contributed by atoms with van der Waals surface area (Å²) in [4.78, 5) is 8.74. The highest BCUT2D eigenvalue weighted by Gasteiger charge is 2.09. The van der Waals surface area contributed by atoms with Gasteiger partial charge in [0, 0.05) is 16.6 Å². The summed E-state index contributed by atoms with van der Waals surface area (Å²) in [5.41, 5.74) is 7.84. The highest BCUT2D eigenvalue weighted by Crippen LogP contribution is 2.33. The van der Waals surface area contributed by atoms with Crippen LogP contribution in [0.5, 0.6) is 11.5 Å². The Hall–Kier alpha value is -3.59. The first-order valence-electron chi connectivity index (χ1n) is 9.74. The lowest BCUT2D eigenvalue weighted by molar-refractivity contribution is 0.483. The van der Waals surface area contributed by atoms with Crippen molar-refractivity contribution in [1.29, 1.82) is 0 Å². The van der Waals surface area contributed by atoms with Crippen molar-refractivity contribution < 1.29 is 4.74 Å². The van der Waals surface area contributed by atoms with Crippen LogP contribution in [0.4, 0.5) is 11.5 Å². The van der Waals surface area contributed by atoms with E-state index in [0.29, 0.717) is 16.6 Å². The minimum absolute atomic E-state index is 0.490. The molecule has 0 saturated carbocycles. The first-order valence-corrected chi connectivity index (χ1v) is 10.1. The van der Waals surface area contributed by atoms with Gasteiger partial charge in [-0.1, -0.05) is 41.6 Å². The summed E-state index contributed by atoms with van der Waals surface area (Å²) in [5.74, 6) is 8.11. The van der Waals surface area contributed by atoms with E-state index in [-0.39, 0.29) is 0 Å². The van der Waals surface area contributed by atoms with E-state index in [1.807, 2.05) is 74.5 Å². The maximum atomic E-state index is 6.45. The molecule has 0 unspecified atom stereocenters. The van der Waals surface area contributed by atoms with Crippen molar-refractivity contribution in [2.24, 2.45) is 5.73 Å². The zero-order valence-electron chi connectivity index (χ0n) is 17.2. The molecule has 154 valence electrons. The standard InChI is InChI=1S/C25H21ClN4O/c1-25(2,27)13-12-17-8-10-22-20(14-17)24(29-16-28-22)30-18-9-11-23(21(26)15-18)31-19-6-4-3-5-7-19/h3-11,14-16H,27H2,1-2H3,(H,28,29,30). The fraction of sp³-hybridized carbons (Fsp3) is 0.120. The lowest BCUT2D eigenvalue weighted by atomic mass is 10.1. The van der Waals surface area contributed by atoms with E-state index in [4.69, 9.17) is 22.1 Å². The third kappa shape index (κ3) is 5.32. The van der Waals surface area contributed by atoms with Crippen molar-refractivity contribution in [2.75, 3.05) is 5.32 Å². The number of benzene rings is 3. The molecule has 0 atom stereocenters. The van der Waals surface area contributed by atoms with Crippen molar-refractivity contribution in [3.05, 3.63) is 83.6 Å². The first kappa shape index (κ1) is 20.7. The number of aromatic nitrogens is 2. The molecule has 4 aromatic rings. The van der Waals surface area contributed by atoms with Crippen LogP contribution in [0.25, 0.3) is 10.9 Å². The summed E-state index contributed by atoms with van der Waals surface area (Å²) in [7, 11) is 0. The van der Waals surface area contributed by atoms with E-state index in [1.54, 1.807) is 6.07 Å². The van der Waals surface area contributed by atoms with Gasteiger partial charge in [-0.2, -0.15) is 0 Å². The third-order valence-corrected chi connectivity index (χ3v) is 4.63. The Morgan fingerprint density at radius 1 is 1.00 bits per heavy atom. The number of rotatable bonds is 4. The molecule has 1 aromatic heterocycles. The van der Waals surface area contributed by atoms with Crippen molar-refractivity contribution >= 4 is 34.0 Å². The molecular weight excluding hydrogens is 408 g/mol. The molecule has 6 heteroatoms. The molecule has 0 fully saturated rings. The van der Waals surface area contributed by atoms with Crippen LogP contribution in [0.2, 0.25) is 5.02 Å². The molecule has 0 saturated heterocycles. The van der Waals surface area contributed by atoms with Gasteiger partial charge in [0.05, 0.1) is 16.1 Å². The van der Waals surface area contributed by atoms with E-state index < -0.39 is 5.54 Å². The second-order valence-electron chi connectivity index (χ2n) is 7.61. The van der Waals surface area contributed by atoms with Gasteiger partial charge in [0.25, 0.3) is 0 Å². The Morgan fingerprint density at radius 2 is 1.81 bits per heavy atom. The van der Waals surface area contributed by atoms with Crippen molar-refractivity contribution in [3.8, 4) is 23.3 Å². The second-order valence-corrected chi connectivity index (χ2v) is 8.02. The largest absolute Gasteiger partial charge is 0.456 e. The summed E-state index contributed by atoms with van der Waals surface area (Å²) >= 11 is 6.45. The molecular formula is C25H21ClN4O. The number of fused-ring (bicyclic) bond motifs is 1. The minimum atomic E-state index is -0.566. The zero-order chi connectivity index (χ0) is 21.8. The van der Waals surface area contributed by atoms with E-state index in [0.717, 1.165) is 27.9 Å². The number of nitrogens with one attached hydrogen (secondary N) is 1. The smallest absolute Gasteiger partial charge is 0.146 e. The number of hydrogen-bond donors (Lipinski definition) is 2. The van der Waals surface area contributed by atoms with Gasteiger partial charge in [-0.25, -0.2) is 9.97 Å². The lowest BCUT2D eigenvalue weighted by Crippen LogP contribution is -2.29. The molecule has 1 heterocycles. The molecule has 0 bridgehead atoms. The summed E-state index contributed by atoms with van der Waals surface area (Å²) < 4.78 is 5.84. The van der Waals surface area contributed by atoms with Crippen LogP contribution in [0, 0.1) is 11.8 Å². The predicted octanol–water partition coefficient (Wildman–Crippen LogP) is 5.91. The van der Waals surface area contributed by atoms with Crippen molar-refractivity contribution in [2.45, 2.75) is 19.4 Å². The molecule has 4 rings (SSSR count). The molecule has 31 heavy (non-hydrogen) atoms. The number of halogens is 1. The Labute approximate surface area is 186 Å². The SMILES string of the molecule is CC(C)(N)C#Cc1ccc2ncnc(Nc3ccc(Oc4ccccc4)c(Cl)c3)c2c1. The van der Waals surface area contributed by atoms with Gasteiger partial charge in [0.2, 0.25) is 0 Å². The zero-order valence-corrected chi connectivity index (χ0v) is 17.9. The Kier molecular flexibility index (Phi) is 5.77. The van der Waals surface area contributed by atoms with Gasteiger partial charge in [0.15, 0.2) is 0 Å². The maximum absolute atomic E-state index is 6.45. The van der Waals surface area contributed by atoms with Crippen LogP contribution in [0.3, 0.4) is 0 Å². The summed E-state index contributed by atoms with van der Waals surface area (Å²) in [6.07, 6.45) is 1.52. The predicted molar refractivity (Wildman–Crippen MR) is 126 cm³/mol. The topological polar surface area (TPSA) is 73.1 Å². The van der Waals surface area contributed by atoms with Crippen LogP contribution in [-0.4, -0.2) is 15.5 Å². The summed E-state index contributed by atoms with van der Waals surface area (Å²) in [6.45, 7) is 3.73. The normalized spacial score (nSPS) is 11.0. The van der Waals surface area contributed by atoms with E-state index in [9.17, 15) is 0 Å². The van der Waals surface area contributed by atoms with Crippen LogP contribution >= 0.6 is 11.6 Å². The molecule has 0 aliphatic carbocycles. The minimum Gasteiger partial charge on any atom is -0.456 e. The number of hydrogen-bond acceptors (Lipinski definition) is 5. The fourth-order valence-corrected chi connectivity index (χ4v) is 3.10. The number of anilines is 2. The number of para-hydroxylation sites is 1. The number of nitrogens with two attached hydrogens (primary N) is 1.